The Morgan fingerprint density at radius 1 is 1.23 bits per heavy atom. The monoisotopic (exact) mass is 296 g/mol. The van der Waals surface area contributed by atoms with Crippen LogP contribution in [0.2, 0.25) is 0 Å². The fourth-order valence-electron chi connectivity index (χ4n) is 2.36. The summed E-state index contributed by atoms with van der Waals surface area (Å²) in [5, 5.41) is 15.5. The van der Waals surface area contributed by atoms with E-state index in [4.69, 9.17) is 0 Å². The number of aryl methyl sites for hydroxylation is 1. The third kappa shape index (κ3) is 2.71. The highest BCUT2D eigenvalue weighted by atomic mass is 16.3. The molecule has 0 unspecified atom stereocenters. The highest BCUT2D eigenvalue weighted by molar-refractivity contribution is 5.89. The third-order valence-electron chi connectivity index (χ3n) is 3.42. The molecule has 0 aliphatic carbocycles. The lowest BCUT2D eigenvalue weighted by Crippen LogP contribution is -2.28. The quantitative estimate of drug-likeness (QED) is 0.695. The molecule has 6 heteroatoms. The van der Waals surface area contributed by atoms with Gasteiger partial charge in [-0.25, -0.2) is 9.78 Å². The van der Waals surface area contributed by atoms with E-state index in [-0.39, 0.29) is 18.3 Å². The van der Waals surface area contributed by atoms with Crippen molar-refractivity contribution in [2.24, 2.45) is 7.05 Å². The minimum Gasteiger partial charge on any atom is -0.508 e. The highest BCUT2D eigenvalue weighted by Gasteiger charge is 2.12. The van der Waals surface area contributed by atoms with E-state index in [9.17, 15) is 9.90 Å². The summed E-state index contributed by atoms with van der Waals surface area (Å²) < 4.78 is 1.82. The standard InChI is InChI=1S/C16H16N4O2/c1-20-10-18-13-7-8-14(21)12(15(13)20)9-17-16(22)19-11-5-3-2-4-6-11/h2-8,10,21H,9H2,1H3,(H2,17,19,22). The molecule has 1 heterocycles. The van der Waals surface area contributed by atoms with Crippen molar-refractivity contribution in [1.82, 2.24) is 14.9 Å². The number of hydrogen-bond acceptors (Lipinski definition) is 3. The van der Waals surface area contributed by atoms with Gasteiger partial charge in [0.1, 0.15) is 5.75 Å². The highest BCUT2D eigenvalue weighted by Crippen LogP contribution is 2.25. The number of fused-ring (bicyclic) bond motifs is 1. The van der Waals surface area contributed by atoms with Crippen molar-refractivity contribution in [1.29, 1.82) is 0 Å². The van der Waals surface area contributed by atoms with Crippen LogP contribution in [0.15, 0.2) is 48.8 Å². The Morgan fingerprint density at radius 2 is 2.00 bits per heavy atom. The van der Waals surface area contributed by atoms with Gasteiger partial charge in [0.05, 0.1) is 23.9 Å². The number of imidazole rings is 1. The molecule has 112 valence electrons. The Balaban J connectivity index is 1.75. The molecule has 0 saturated heterocycles. The number of rotatable bonds is 3. The Kier molecular flexibility index (Phi) is 3.65. The second-order valence-corrected chi connectivity index (χ2v) is 4.96. The average Bonchev–Trinajstić information content (AvgIpc) is 2.89. The first-order valence-corrected chi connectivity index (χ1v) is 6.87. The van der Waals surface area contributed by atoms with Gasteiger partial charge in [-0.1, -0.05) is 18.2 Å². The first-order chi connectivity index (χ1) is 10.6. The maximum absolute atomic E-state index is 11.9. The predicted octanol–water partition coefficient (Wildman–Crippen LogP) is 2.60. The number of phenols is 1. The Bertz CT molecular complexity index is 812. The van der Waals surface area contributed by atoms with Crippen LogP contribution in [0.5, 0.6) is 5.75 Å². The van der Waals surface area contributed by atoms with Crippen molar-refractivity contribution in [2.75, 3.05) is 5.32 Å². The summed E-state index contributed by atoms with van der Waals surface area (Å²) in [7, 11) is 1.85. The molecule has 2 aromatic carbocycles. The van der Waals surface area contributed by atoms with Crippen LogP contribution in [0.4, 0.5) is 10.5 Å². The summed E-state index contributed by atoms with van der Waals surface area (Å²) in [6.45, 7) is 0.210. The molecule has 0 aliphatic rings. The lowest BCUT2D eigenvalue weighted by atomic mass is 10.1. The number of aromatic nitrogens is 2. The van der Waals surface area contributed by atoms with E-state index in [0.29, 0.717) is 11.3 Å². The topological polar surface area (TPSA) is 79.2 Å². The van der Waals surface area contributed by atoms with Crippen LogP contribution in [0.25, 0.3) is 11.0 Å². The average molecular weight is 296 g/mol. The molecule has 0 spiro atoms. The zero-order valence-electron chi connectivity index (χ0n) is 12.1. The van der Waals surface area contributed by atoms with Gasteiger partial charge >= 0.3 is 6.03 Å². The zero-order valence-corrected chi connectivity index (χ0v) is 12.1. The van der Waals surface area contributed by atoms with Gasteiger partial charge < -0.3 is 20.3 Å². The van der Waals surface area contributed by atoms with Crippen molar-refractivity contribution in [3.8, 4) is 5.75 Å². The van der Waals surface area contributed by atoms with Crippen LogP contribution >= 0.6 is 0 Å². The molecule has 2 amide bonds. The lowest BCUT2D eigenvalue weighted by molar-refractivity contribution is 0.251. The molecule has 3 aromatic rings. The van der Waals surface area contributed by atoms with Crippen LogP contribution in [0.3, 0.4) is 0 Å². The van der Waals surface area contributed by atoms with Crippen LogP contribution in [-0.4, -0.2) is 20.7 Å². The summed E-state index contributed by atoms with van der Waals surface area (Å²) in [5.74, 6) is 0.135. The van der Waals surface area contributed by atoms with E-state index in [2.05, 4.69) is 15.6 Å². The molecule has 3 N–H and O–H groups in total. The van der Waals surface area contributed by atoms with Crippen molar-refractivity contribution >= 4 is 22.8 Å². The Labute approximate surface area is 127 Å². The van der Waals surface area contributed by atoms with Gasteiger partial charge in [0.2, 0.25) is 0 Å². The molecular weight excluding hydrogens is 280 g/mol. The summed E-state index contributed by atoms with van der Waals surface area (Å²) in [5.41, 5.74) is 2.93. The number of carbonyl (C=O) groups is 1. The predicted molar refractivity (Wildman–Crippen MR) is 84.7 cm³/mol. The molecule has 0 saturated carbocycles. The largest absolute Gasteiger partial charge is 0.508 e. The van der Waals surface area contributed by atoms with E-state index in [1.54, 1.807) is 30.6 Å². The maximum atomic E-state index is 11.9. The van der Waals surface area contributed by atoms with Gasteiger partial charge in [0, 0.05) is 18.3 Å². The van der Waals surface area contributed by atoms with Crippen molar-refractivity contribution in [2.45, 2.75) is 6.54 Å². The molecule has 3 rings (SSSR count). The number of anilines is 1. The van der Waals surface area contributed by atoms with Crippen LogP contribution in [-0.2, 0) is 13.6 Å². The normalized spacial score (nSPS) is 10.6. The number of benzene rings is 2. The zero-order chi connectivity index (χ0) is 15.5. The molecule has 6 nitrogen and oxygen atoms in total. The fourth-order valence-corrected chi connectivity index (χ4v) is 2.36. The van der Waals surface area contributed by atoms with Gasteiger partial charge in [-0.15, -0.1) is 0 Å². The van der Waals surface area contributed by atoms with Gasteiger partial charge in [-0.2, -0.15) is 0 Å². The molecule has 0 aliphatic heterocycles. The molecule has 0 bridgehead atoms. The number of carbonyl (C=O) groups excluding carboxylic acids is 1. The smallest absolute Gasteiger partial charge is 0.319 e. The number of urea groups is 1. The van der Waals surface area contributed by atoms with E-state index < -0.39 is 0 Å². The number of aromatic hydroxyl groups is 1. The molecule has 0 atom stereocenters. The van der Waals surface area contributed by atoms with E-state index in [0.717, 1.165) is 11.0 Å². The van der Waals surface area contributed by atoms with Crippen LogP contribution < -0.4 is 10.6 Å². The molecular formula is C16H16N4O2. The summed E-state index contributed by atoms with van der Waals surface area (Å²) in [4.78, 5) is 16.2. The summed E-state index contributed by atoms with van der Waals surface area (Å²) >= 11 is 0. The van der Waals surface area contributed by atoms with Crippen LogP contribution in [0, 0.1) is 0 Å². The minimum absolute atomic E-state index is 0.135. The molecule has 0 fully saturated rings. The number of phenolic OH excluding ortho intramolecular Hbond substituents is 1. The number of para-hydroxylation sites is 1. The second kappa shape index (κ2) is 5.77. The van der Waals surface area contributed by atoms with Crippen molar-refractivity contribution < 1.29 is 9.90 Å². The number of nitrogens with one attached hydrogen (secondary N) is 2. The second-order valence-electron chi connectivity index (χ2n) is 4.96. The van der Waals surface area contributed by atoms with E-state index >= 15 is 0 Å². The van der Waals surface area contributed by atoms with Crippen molar-refractivity contribution in [3.05, 3.63) is 54.4 Å². The Morgan fingerprint density at radius 3 is 2.77 bits per heavy atom. The van der Waals surface area contributed by atoms with E-state index in [1.165, 1.54) is 0 Å². The SMILES string of the molecule is Cn1cnc2ccc(O)c(CNC(=O)Nc3ccccc3)c21. The number of amides is 2. The van der Waals surface area contributed by atoms with Gasteiger partial charge in [-0.3, -0.25) is 0 Å². The fraction of sp³-hybridized carbons (Fsp3) is 0.125. The van der Waals surface area contributed by atoms with Crippen LogP contribution in [0.1, 0.15) is 5.56 Å². The number of hydrogen-bond donors (Lipinski definition) is 3. The van der Waals surface area contributed by atoms with Crippen molar-refractivity contribution in [3.63, 3.8) is 0 Å². The Hall–Kier alpha value is -3.02. The third-order valence-corrected chi connectivity index (χ3v) is 3.42. The van der Waals surface area contributed by atoms with E-state index in [1.807, 2.05) is 29.8 Å². The molecule has 22 heavy (non-hydrogen) atoms. The number of nitrogens with zero attached hydrogens (tertiary/aromatic N) is 2. The first-order valence-electron chi connectivity index (χ1n) is 6.87. The first kappa shape index (κ1) is 13.9. The van der Waals surface area contributed by atoms with Gasteiger partial charge in [0.25, 0.3) is 0 Å². The maximum Gasteiger partial charge on any atom is 0.319 e. The molecule has 0 radical (unpaired) electrons. The minimum atomic E-state index is -0.329. The lowest BCUT2D eigenvalue weighted by Gasteiger charge is -2.10. The van der Waals surface area contributed by atoms with Gasteiger partial charge in [-0.05, 0) is 24.3 Å². The summed E-state index contributed by atoms with van der Waals surface area (Å²) in [6.07, 6.45) is 1.68. The summed E-state index contributed by atoms with van der Waals surface area (Å²) in [6, 6.07) is 12.2. The van der Waals surface area contributed by atoms with Gasteiger partial charge in [0.15, 0.2) is 0 Å². The molecule has 1 aromatic heterocycles.